The second-order valence-electron chi connectivity index (χ2n) is 4.90. The Morgan fingerprint density at radius 2 is 2.05 bits per heavy atom. The number of nitrogens with two attached hydrogens (primary N) is 1. The van der Waals surface area contributed by atoms with Gasteiger partial charge in [-0.3, -0.25) is 4.79 Å². The molecule has 1 fully saturated rings. The van der Waals surface area contributed by atoms with Gasteiger partial charge in [0.1, 0.15) is 4.90 Å². The number of hydrogen-bond acceptors (Lipinski definition) is 3. The summed E-state index contributed by atoms with van der Waals surface area (Å²) in [5.41, 5.74) is -0.463. The van der Waals surface area contributed by atoms with E-state index in [1.165, 1.54) is 0 Å². The van der Waals surface area contributed by atoms with Crippen LogP contribution in [0.1, 0.15) is 29.6 Å². The molecule has 0 saturated heterocycles. The SMILES string of the molecule is NS(=O)(=O)c1c(F)c(F)cc(C(=O)NCCC2CC2)c1Cl. The third-order valence-electron chi connectivity index (χ3n) is 3.18. The van der Waals surface area contributed by atoms with Gasteiger partial charge < -0.3 is 5.32 Å². The summed E-state index contributed by atoms with van der Waals surface area (Å²) in [7, 11) is -4.59. The first kappa shape index (κ1) is 16.1. The Morgan fingerprint density at radius 3 is 2.57 bits per heavy atom. The largest absolute Gasteiger partial charge is 0.352 e. The topological polar surface area (TPSA) is 89.3 Å². The van der Waals surface area contributed by atoms with Crippen molar-refractivity contribution in [1.82, 2.24) is 5.32 Å². The Balaban J connectivity index is 2.30. The number of benzene rings is 1. The van der Waals surface area contributed by atoms with Crippen LogP contribution in [0.15, 0.2) is 11.0 Å². The Bertz CT molecular complexity index is 690. The average molecular weight is 339 g/mol. The molecule has 3 N–H and O–H groups in total. The van der Waals surface area contributed by atoms with E-state index in [0.717, 1.165) is 19.3 Å². The highest BCUT2D eigenvalue weighted by atomic mass is 35.5. The molecule has 0 heterocycles. The molecule has 0 bridgehead atoms. The predicted molar refractivity (Wildman–Crippen MR) is 72.4 cm³/mol. The van der Waals surface area contributed by atoms with E-state index in [-0.39, 0.29) is 0 Å². The van der Waals surface area contributed by atoms with Crippen LogP contribution in [-0.2, 0) is 10.0 Å². The van der Waals surface area contributed by atoms with Gasteiger partial charge in [-0.1, -0.05) is 24.4 Å². The van der Waals surface area contributed by atoms with E-state index in [4.69, 9.17) is 16.7 Å². The van der Waals surface area contributed by atoms with Crippen LogP contribution < -0.4 is 10.5 Å². The third-order valence-corrected chi connectivity index (χ3v) is 4.64. The molecule has 1 amide bonds. The molecular weight excluding hydrogens is 326 g/mol. The van der Waals surface area contributed by atoms with Crippen molar-refractivity contribution in [2.75, 3.05) is 6.54 Å². The Kier molecular flexibility index (Phi) is 4.50. The lowest BCUT2D eigenvalue weighted by Gasteiger charge is -2.10. The highest BCUT2D eigenvalue weighted by Crippen LogP contribution is 2.32. The Labute approximate surface area is 125 Å². The average Bonchev–Trinajstić information content (AvgIpc) is 3.16. The second-order valence-corrected chi connectivity index (χ2v) is 6.77. The lowest BCUT2D eigenvalue weighted by atomic mass is 10.2. The first-order valence-electron chi connectivity index (χ1n) is 6.20. The predicted octanol–water partition coefficient (Wildman–Crippen LogP) is 1.80. The summed E-state index contributed by atoms with van der Waals surface area (Å²) in [4.78, 5) is 10.7. The standard InChI is InChI=1S/C12H13ClF2N2O3S/c13-9-7(12(18)17-4-3-6-1-2-6)5-8(14)10(15)11(9)21(16,19)20/h5-6H,1-4H2,(H,17,18)(H2,16,19,20). The number of carbonyl (C=O) groups excluding carboxylic acids is 1. The molecule has 1 aromatic carbocycles. The van der Waals surface area contributed by atoms with Crippen LogP contribution in [0.4, 0.5) is 8.78 Å². The van der Waals surface area contributed by atoms with Crippen molar-refractivity contribution in [2.45, 2.75) is 24.2 Å². The molecule has 1 saturated carbocycles. The normalized spacial score (nSPS) is 15.0. The van der Waals surface area contributed by atoms with Crippen molar-refractivity contribution < 1.29 is 22.0 Å². The van der Waals surface area contributed by atoms with Crippen molar-refractivity contribution >= 4 is 27.5 Å². The molecule has 0 radical (unpaired) electrons. The van der Waals surface area contributed by atoms with E-state index >= 15 is 0 Å². The monoisotopic (exact) mass is 338 g/mol. The maximum absolute atomic E-state index is 13.5. The molecule has 9 heteroatoms. The number of rotatable bonds is 5. The molecule has 2 rings (SSSR count). The molecule has 1 aromatic rings. The third kappa shape index (κ3) is 3.69. The highest BCUT2D eigenvalue weighted by Gasteiger charge is 2.28. The lowest BCUT2D eigenvalue weighted by molar-refractivity contribution is 0.0952. The van der Waals surface area contributed by atoms with Gasteiger partial charge >= 0.3 is 0 Å². The minimum Gasteiger partial charge on any atom is -0.352 e. The van der Waals surface area contributed by atoms with Gasteiger partial charge in [-0.2, -0.15) is 0 Å². The number of carbonyl (C=O) groups is 1. The minimum atomic E-state index is -4.59. The molecular formula is C12H13ClF2N2O3S. The van der Waals surface area contributed by atoms with Crippen LogP contribution in [0.25, 0.3) is 0 Å². The van der Waals surface area contributed by atoms with Crippen LogP contribution in [0.3, 0.4) is 0 Å². The fourth-order valence-electron chi connectivity index (χ4n) is 1.89. The number of nitrogens with one attached hydrogen (secondary N) is 1. The van der Waals surface area contributed by atoms with E-state index in [0.29, 0.717) is 18.5 Å². The zero-order chi connectivity index (χ0) is 15.8. The zero-order valence-electron chi connectivity index (χ0n) is 10.8. The van der Waals surface area contributed by atoms with Gasteiger partial charge in [0.15, 0.2) is 11.6 Å². The van der Waals surface area contributed by atoms with Gasteiger partial charge in [0.25, 0.3) is 5.91 Å². The van der Waals surface area contributed by atoms with E-state index in [1.807, 2.05) is 0 Å². The van der Waals surface area contributed by atoms with Crippen LogP contribution >= 0.6 is 11.6 Å². The fraction of sp³-hybridized carbons (Fsp3) is 0.417. The van der Waals surface area contributed by atoms with E-state index in [1.54, 1.807) is 0 Å². The molecule has 0 aliphatic heterocycles. The molecule has 0 aromatic heterocycles. The van der Waals surface area contributed by atoms with Gasteiger partial charge in [0, 0.05) is 6.54 Å². The van der Waals surface area contributed by atoms with Gasteiger partial charge in [-0.05, 0) is 18.4 Å². The van der Waals surface area contributed by atoms with E-state index in [9.17, 15) is 22.0 Å². The van der Waals surface area contributed by atoms with Gasteiger partial charge in [-0.15, -0.1) is 0 Å². The van der Waals surface area contributed by atoms with Crippen LogP contribution in [-0.4, -0.2) is 20.9 Å². The summed E-state index contributed by atoms with van der Waals surface area (Å²) in [5, 5.41) is 6.56. The molecule has 116 valence electrons. The maximum Gasteiger partial charge on any atom is 0.252 e. The Hall–Kier alpha value is -1.25. The van der Waals surface area contributed by atoms with Gasteiger partial charge in [0.2, 0.25) is 10.0 Å². The van der Waals surface area contributed by atoms with E-state index < -0.39 is 43.0 Å². The summed E-state index contributed by atoms with van der Waals surface area (Å²) >= 11 is 5.69. The molecule has 0 atom stereocenters. The summed E-state index contributed by atoms with van der Waals surface area (Å²) in [6, 6.07) is 0.554. The fourth-order valence-corrected chi connectivity index (χ4v) is 3.14. The van der Waals surface area contributed by atoms with Crippen LogP contribution in [0, 0.1) is 17.6 Å². The Morgan fingerprint density at radius 1 is 1.43 bits per heavy atom. The summed E-state index contributed by atoms with van der Waals surface area (Å²) in [6.07, 6.45) is 2.99. The minimum absolute atomic E-state index is 0.351. The number of halogens is 3. The summed E-state index contributed by atoms with van der Waals surface area (Å²) in [5.74, 6) is -3.40. The molecule has 0 spiro atoms. The summed E-state index contributed by atoms with van der Waals surface area (Å²) in [6.45, 7) is 0.351. The van der Waals surface area contributed by atoms with Crippen molar-refractivity contribution in [3.05, 3.63) is 28.3 Å². The number of amides is 1. The number of hydrogen-bond donors (Lipinski definition) is 2. The van der Waals surface area contributed by atoms with Crippen molar-refractivity contribution in [3.8, 4) is 0 Å². The quantitative estimate of drug-likeness (QED) is 0.802. The molecule has 5 nitrogen and oxygen atoms in total. The molecule has 0 unspecified atom stereocenters. The summed E-state index contributed by atoms with van der Waals surface area (Å²) < 4.78 is 49.5. The highest BCUT2D eigenvalue weighted by molar-refractivity contribution is 7.89. The van der Waals surface area contributed by atoms with Crippen LogP contribution in [0.5, 0.6) is 0 Å². The molecule has 1 aliphatic carbocycles. The number of sulfonamides is 1. The molecule has 21 heavy (non-hydrogen) atoms. The van der Waals surface area contributed by atoms with Gasteiger partial charge in [0.05, 0.1) is 10.6 Å². The van der Waals surface area contributed by atoms with E-state index in [2.05, 4.69) is 5.32 Å². The molecule has 1 aliphatic rings. The van der Waals surface area contributed by atoms with Crippen molar-refractivity contribution in [2.24, 2.45) is 11.1 Å². The lowest BCUT2D eigenvalue weighted by Crippen LogP contribution is -2.26. The maximum atomic E-state index is 13.5. The second kappa shape index (κ2) is 5.86. The number of primary sulfonamides is 1. The zero-order valence-corrected chi connectivity index (χ0v) is 12.4. The van der Waals surface area contributed by atoms with Crippen molar-refractivity contribution in [3.63, 3.8) is 0 Å². The van der Waals surface area contributed by atoms with Gasteiger partial charge in [-0.25, -0.2) is 22.3 Å². The van der Waals surface area contributed by atoms with Crippen molar-refractivity contribution in [1.29, 1.82) is 0 Å². The van der Waals surface area contributed by atoms with Crippen LogP contribution in [0.2, 0.25) is 5.02 Å². The smallest absolute Gasteiger partial charge is 0.252 e. The first-order valence-corrected chi connectivity index (χ1v) is 8.12. The first-order chi connectivity index (χ1) is 9.71.